The second kappa shape index (κ2) is 7.29. The fraction of sp³-hybridized carbons (Fsp3) is 0.294. The normalized spacial score (nSPS) is 20.4. The number of anilines is 2. The minimum absolute atomic E-state index is 0.144. The third-order valence-corrected chi connectivity index (χ3v) is 3.75. The summed E-state index contributed by atoms with van der Waals surface area (Å²) >= 11 is 0. The highest BCUT2D eigenvalue weighted by Gasteiger charge is 2.28. The number of furan rings is 1. The molecule has 24 heavy (non-hydrogen) atoms. The molecule has 0 saturated carbocycles. The van der Waals surface area contributed by atoms with Gasteiger partial charge in [-0.25, -0.2) is 0 Å². The van der Waals surface area contributed by atoms with Gasteiger partial charge in [0.15, 0.2) is 5.76 Å². The van der Waals surface area contributed by atoms with Crippen molar-refractivity contribution < 1.29 is 18.7 Å². The summed E-state index contributed by atoms with van der Waals surface area (Å²) in [6.45, 7) is 3.12. The van der Waals surface area contributed by atoms with Crippen LogP contribution in [0.2, 0.25) is 0 Å². The van der Waals surface area contributed by atoms with Crippen LogP contribution in [0.15, 0.2) is 47.1 Å². The van der Waals surface area contributed by atoms with Gasteiger partial charge in [0.25, 0.3) is 5.91 Å². The van der Waals surface area contributed by atoms with Crippen molar-refractivity contribution in [3.8, 4) is 0 Å². The molecule has 1 aromatic heterocycles. The lowest BCUT2D eigenvalue weighted by molar-refractivity contribution is -0.123. The summed E-state index contributed by atoms with van der Waals surface area (Å²) < 4.78 is 10.5. The predicted molar refractivity (Wildman–Crippen MR) is 88.9 cm³/mol. The Kier molecular flexibility index (Phi) is 4.93. The molecule has 1 saturated heterocycles. The van der Waals surface area contributed by atoms with Crippen LogP contribution >= 0.6 is 0 Å². The van der Waals surface area contributed by atoms with Gasteiger partial charge in [0.1, 0.15) is 6.04 Å². The van der Waals surface area contributed by atoms with Crippen LogP contribution in [0.1, 0.15) is 17.5 Å². The maximum Gasteiger partial charge on any atom is 0.291 e. The van der Waals surface area contributed by atoms with Crippen LogP contribution in [-0.4, -0.2) is 37.1 Å². The summed E-state index contributed by atoms with van der Waals surface area (Å²) in [5.41, 5.74) is 1.26. The van der Waals surface area contributed by atoms with Gasteiger partial charge in [0.2, 0.25) is 5.91 Å². The van der Waals surface area contributed by atoms with Gasteiger partial charge in [-0.3, -0.25) is 9.59 Å². The van der Waals surface area contributed by atoms with Crippen molar-refractivity contribution in [2.24, 2.45) is 0 Å². The molecular weight excluding hydrogens is 310 g/mol. The number of benzene rings is 1. The molecule has 1 aliphatic heterocycles. The van der Waals surface area contributed by atoms with Crippen LogP contribution in [-0.2, 0) is 9.53 Å². The Morgan fingerprint density at radius 1 is 1.12 bits per heavy atom. The number of ether oxygens (including phenoxy) is 1. The molecule has 0 bridgehead atoms. The molecule has 7 nitrogen and oxygen atoms in total. The van der Waals surface area contributed by atoms with Crippen molar-refractivity contribution in [3.05, 3.63) is 48.4 Å². The van der Waals surface area contributed by atoms with E-state index in [1.807, 2.05) is 6.92 Å². The molecule has 2 atom stereocenters. The Bertz CT molecular complexity index is 697. The van der Waals surface area contributed by atoms with Crippen LogP contribution in [0.5, 0.6) is 0 Å². The first-order valence-corrected chi connectivity index (χ1v) is 7.74. The van der Waals surface area contributed by atoms with E-state index in [-0.39, 0.29) is 29.7 Å². The van der Waals surface area contributed by atoms with Gasteiger partial charge in [0.05, 0.1) is 19.0 Å². The number of amides is 2. The van der Waals surface area contributed by atoms with Gasteiger partial charge in [-0.15, -0.1) is 0 Å². The molecule has 2 aromatic rings. The number of carbonyl (C=O) groups excluding carboxylic acids is 2. The molecule has 126 valence electrons. The van der Waals surface area contributed by atoms with Crippen LogP contribution in [0.4, 0.5) is 11.4 Å². The minimum Gasteiger partial charge on any atom is -0.459 e. The van der Waals surface area contributed by atoms with E-state index in [2.05, 4.69) is 16.0 Å². The van der Waals surface area contributed by atoms with Gasteiger partial charge < -0.3 is 25.1 Å². The Labute approximate surface area is 139 Å². The standard InChI is InChI=1S/C17H19N3O4/c1-11-15(18-8-10-23-11)17(22)20-13-6-4-12(5-7-13)19-16(21)14-3-2-9-24-14/h2-7,9,11,15,18H,8,10H2,1H3,(H,19,21)(H,20,22)/t11-,15+/m1/s1. The highest BCUT2D eigenvalue weighted by atomic mass is 16.5. The smallest absolute Gasteiger partial charge is 0.291 e. The summed E-state index contributed by atoms with van der Waals surface area (Å²) in [5, 5.41) is 8.69. The first-order valence-electron chi connectivity index (χ1n) is 7.74. The minimum atomic E-state index is -0.378. The Morgan fingerprint density at radius 2 is 1.83 bits per heavy atom. The molecule has 0 radical (unpaired) electrons. The number of nitrogens with one attached hydrogen (secondary N) is 3. The number of hydrogen-bond donors (Lipinski definition) is 3. The van der Waals surface area contributed by atoms with Crippen molar-refractivity contribution in [2.45, 2.75) is 19.1 Å². The van der Waals surface area contributed by atoms with Gasteiger partial charge in [-0.1, -0.05) is 0 Å². The Balaban J connectivity index is 1.58. The second-order valence-electron chi connectivity index (χ2n) is 5.51. The zero-order chi connectivity index (χ0) is 16.9. The van der Waals surface area contributed by atoms with Crippen molar-refractivity contribution in [2.75, 3.05) is 23.8 Å². The van der Waals surface area contributed by atoms with E-state index < -0.39 is 0 Å². The van der Waals surface area contributed by atoms with Gasteiger partial charge in [0, 0.05) is 17.9 Å². The van der Waals surface area contributed by atoms with Crippen LogP contribution in [0.25, 0.3) is 0 Å². The topological polar surface area (TPSA) is 92.6 Å². The Hall–Kier alpha value is -2.64. The molecule has 0 aliphatic carbocycles. The summed E-state index contributed by atoms with van der Waals surface area (Å²) in [5.74, 6) is -0.228. The average Bonchev–Trinajstić information content (AvgIpc) is 3.11. The molecule has 3 rings (SSSR count). The van der Waals surface area contributed by atoms with Crippen LogP contribution < -0.4 is 16.0 Å². The number of carbonyl (C=O) groups is 2. The zero-order valence-electron chi connectivity index (χ0n) is 13.2. The molecular formula is C17H19N3O4. The highest BCUT2D eigenvalue weighted by molar-refractivity contribution is 6.02. The molecule has 1 aliphatic rings. The lowest BCUT2D eigenvalue weighted by atomic mass is 10.1. The van der Waals surface area contributed by atoms with E-state index in [0.717, 1.165) is 0 Å². The molecule has 7 heteroatoms. The number of morpholine rings is 1. The molecule has 0 spiro atoms. The zero-order valence-corrected chi connectivity index (χ0v) is 13.2. The number of rotatable bonds is 4. The fourth-order valence-electron chi connectivity index (χ4n) is 2.48. The monoisotopic (exact) mass is 329 g/mol. The Morgan fingerprint density at radius 3 is 2.46 bits per heavy atom. The van der Waals surface area contributed by atoms with Crippen LogP contribution in [0, 0.1) is 0 Å². The van der Waals surface area contributed by atoms with Gasteiger partial charge in [-0.05, 0) is 43.3 Å². The first-order chi connectivity index (χ1) is 11.6. The van der Waals surface area contributed by atoms with Crippen molar-refractivity contribution in [3.63, 3.8) is 0 Å². The van der Waals surface area contributed by atoms with Crippen molar-refractivity contribution in [1.29, 1.82) is 0 Å². The summed E-state index contributed by atoms with van der Waals surface area (Å²) in [4.78, 5) is 24.1. The van der Waals surface area contributed by atoms with E-state index >= 15 is 0 Å². The summed E-state index contributed by atoms with van der Waals surface area (Å²) in [6.07, 6.45) is 1.27. The second-order valence-corrected chi connectivity index (χ2v) is 5.51. The van der Waals surface area contributed by atoms with Gasteiger partial charge in [-0.2, -0.15) is 0 Å². The molecule has 0 unspecified atom stereocenters. The lowest BCUT2D eigenvalue weighted by Crippen LogP contribution is -2.53. The quantitative estimate of drug-likeness (QED) is 0.796. The summed E-state index contributed by atoms with van der Waals surface area (Å²) in [7, 11) is 0. The number of hydrogen-bond acceptors (Lipinski definition) is 5. The molecule has 3 N–H and O–H groups in total. The van der Waals surface area contributed by atoms with Crippen molar-refractivity contribution >= 4 is 23.2 Å². The summed E-state index contributed by atoms with van der Waals surface area (Å²) in [6, 6.07) is 9.74. The average molecular weight is 329 g/mol. The van der Waals surface area contributed by atoms with E-state index in [9.17, 15) is 9.59 Å². The van der Waals surface area contributed by atoms with Crippen molar-refractivity contribution in [1.82, 2.24) is 5.32 Å². The van der Waals surface area contributed by atoms with Crippen LogP contribution in [0.3, 0.4) is 0 Å². The molecule has 2 amide bonds. The first kappa shape index (κ1) is 16.2. The van der Waals surface area contributed by atoms with E-state index in [4.69, 9.17) is 9.15 Å². The van der Waals surface area contributed by atoms with E-state index in [1.165, 1.54) is 6.26 Å². The maximum absolute atomic E-state index is 12.3. The fourth-order valence-corrected chi connectivity index (χ4v) is 2.48. The largest absolute Gasteiger partial charge is 0.459 e. The predicted octanol–water partition coefficient (Wildman–Crippen LogP) is 1.85. The third-order valence-electron chi connectivity index (χ3n) is 3.75. The maximum atomic E-state index is 12.3. The van der Waals surface area contributed by atoms with Gasteiger partial charge >= 0.3 is 0 Å². The van der Waals surface area contributed by atoms with E-state index in [1.54, 1.807) is 36.4 Å². The molecule has 2 heterocycles. The lowest BCUT2D eigenvalue weighted by Gasteiger charge is -2.29. The SMILES string of the molecule is C[C@H]1OCCN[C@@H]1C(=O)Nc1ccc(NC(=O)c2ccco2)cc1. The molecule has 1 aromatic carbocycles. The highest BCUT2D eigenvalue weighted by Crippen LogP contribution is 2.16. The third kappa shape index (κ3) is 3.81. The van der Waals surface area contributed by atoms with E-state index in [0.29, 0.717) is 24.5 Å². The molecule has 1 fully saturated rings.